The summed E-state index contributed by atoms with van der Waals surface area (Å²) in [5.41, 5.74) is 8.00. The Kier molecular flexibility index (Phi) is 5.86. The van der Waals surface area contributed by atoms with Crippen molar-refractivity contribution in [2.45, 2.75) is 39.7 Å². The van der Waals surface area contributed by atoms with Gasteiger partial charge in [0, 0.05) is 6.42 Å². The highest BCUT2D eigenvalue weighted by Gasteiger charge is 2.14. The number of hydrogen-bond acceptors (Lipinski definition) is 2. The van der Waals surface area contributed by atoms with Crippen LogP contribution in [0.5, 0.6) is 0 Å². The predicted molar refractivity (Wildman–Crippen MR) is 75.2 cm³/mol. The summed E-state index contributed by atoms with van der Waals surface area (Å²) in [4.78, 5) is 11.9. The van der Waals surface area contributed by atoms with Gasteiger partial charge in [-0.1, -0.05) is 37.6 Å². The molecule has 0 radical (unpaired) electrons. The molecule has 1 unspecified atom stereocenters. The van der Waals surface area contributed by atoms with Crippen LogP contribution in [0.15, 0.2) is 24.3 Å². The average Bonchev–Trinajstić information content (AvgIpc) is 2.36. The highest BCUT2D eigenvalue weighted by molar-refractivity contribution is 5.76. The minimum atomic E-state index is 0.0500. The first-order chi connectivity index (χ1) is 8.58. The number of carbonyl (C=O) groups is 1. The molecule has 3 nitrogen and oxygen atoms in total. The van der Waals surface area contributed by atoms with E-state index < -0.39 is 0 Å². The van der Waals surface area contributed by atoms with E-state index in [2.05, 4.69) is 31.3 Å². The van der Waals surface area contributed by atoms with Crippen molar-refractivity contribution in [1.29, 1.82) is 0 Å². The van der Waals surface area contributed by atoms with Gasteiger partial charge >= 0.3 is 0 Å². The Balaban J connectivity index is 2.57. The topological polar surface area (TPSA) is 55.1 Å². The van der Waals surface area contributed by atoms with Crippen molar-refractivity contribution in [2.75, 3.05) is 6.54 Å². The lowest BCUT2D eigenvalue weighted by Gasteiger charge is -2.18. The molecular formula is C15H24N2O. The van der Waals surface area contributed by atoms with Gasteiger partial charge in [0.2, 0.25) is 5.91 Å². The molecule has 0 saturated carbocycles. The molecule has 1 aromatic rings. The number of rotatable bonds is 6. The largest absolute Gasteiger partial charge is 0.350 e. The number of hydrogen-bond donors (Lipinski definition) is 2. The summed E-state index contributed by atoms with van der Waals surface area (Å²) in [7, 11) is 0. The number of aryl methyl sites for hydroxylation is 1. The number of amides is 1. The van der Waals surface area contributed by atoms with Crippen molar-refractivity contribution < 1.29 is 4.79 Å². The summed E-state index contributed by atoms with van der Waals surface area (Å²) in [6.45, 7) is 6.72. The highest BCUT2D eigenvalue weighted by Crippen LogP contribution is 2.17. The second-order valence-corrected chi connectivity index (χ2v) is 4.86. The van der Waals surface area contributed by atoms with Crippen LogP contribution in [0.3, 0.4) is 0 Å². The van der Waals surface area contributed by atoms with Crippen molar-refractivity contribution in [3.63, 3.8) is 0 Å². The van der Waals surface area contributed by atoms with E-state index in [1.54, 1.807) is 0 Å². The molecule has 0 aliphatic carbocycles. The van der Waals surface area contributed by atoms with Crippen molar-refractivity contribution in [1.82, 2.24) is 5.32 Å². The van der Waals surface area contributed by atoms with Gasteiger partial charge in [-0.25, -0.2) is 0 Å². The molecule has 18 heavy (non-hydrogen) atoms. The molecule has 0 saturated heterocycles. The van der Waals surface area contributed by atoms with Crippen LogP contribution >= 0.6 is 0 Å². The standard InChI is InChI=1S/C15H24N2O/c1-4-13(10-16)9-15(18)17-12(3)14-8-6-5-7-11(14)2/h5-8,12-13H,4,9-10,16H2,1-3H3,(H,17,18)/t12-,13?/m1/s1. The van der Waals surface area contributed by atoms with Gasteiger partial charge in [0.1, 0.15) is 0 Å². The lowest BCUT2D eigenvalue weighted by molar-refractivity contribution is -0.122. The maximum absolute atomic E-state index is 11.9. The summed E-state index contributed by atoms with van der Waals surface area (Å²) < 4.78 is 0. The Morgan fingerprint density at radius 1 is 1.39 bits per heavy atom. The van der Waals surface area contributed by atoms with Crippen LogP contribution < -0.4 is 11.1 Å². The monoisotopic (exact) mass is 248 g/mol. The minimum Gasteiger partial charge on any atom is -0.350 e. The lowest BCUT2D eigenvalue weighted by atomic mass is 10.00. The summed E-state index contributed by atoms with van der Waals surface area (Å²) >= 11 is 0. The van der Waals surface area contributed by atoms with Gasteiger partial charge in [-0.05, 0) is 37.4 Å². The lowest BCUT2D eigenvalue weighted by Crippen LogP contribution is -2.30. The van der Waals surface area contributed by atoms with E-state index in [0.29, 0.717) is 13.0 Å². The molecule has 0 bridgehead atoms. The predicted octanol–water partition coefficient (Wildman–Crippen LogP) is 2.55. The highest BCUT2D eigenvalue weighted by atomic mass is 16.1. The molecular weight excluding hydrogens is 224 g/mol. The Hall–Kier alpha value is -1.35. The van der Waals surface area contributed by atoms with Gasteiger partial charge in [0.15, 0.2) is 0 Å². The number of benzene rings is 1. The van der Waals surface area contributed by atoms with Crippen molar-refractivity contribution >= 4 is 5.91 Å². The van der Waals surface area contributed by atoms with Crippen LogP contribution in [0, 0.1) is 12.8 Å². The van der Waals surface area contributed by atoms with Crippen molar-refractivity contribution in [2.24, 2.45) is 11.7 Å². The minimum absolute atomic E-state index is 0.0500. The molecule has 1 aromatic carbocycles. The molecule has 2 atom stereocenters. The third-order valence-electron chi connectivity index (χ3n) is 3.42. The maximum Gasteiger partial charge on any atom is 0.220 e. The normalized spacial score (nSPS) is 14.0. The average molecular weight is 248 g/mol. The van der Waals surface area contributed by atoms with Crippen molar-refractivity contribution in [3.8, 4) is 0 Å². The van der Waals surface area contributed by atoms with Gasteiger partial charge in [0.05, 0.1) is 6.04 Å². The van der Waals surface area contributed by atoms with Crippen LogP contribution in [0.25, 0.3) is 0 Å². The van der Waals surface area contributed by atoms with E-state index in [0.717, 1.165) is 6.42 Å². The van der Waals surface area contributed by atoms with E-state index in [1.165, 1.54) is 11.1 Å². The maximum atomic E-state index is 11.9. The van der Waals surface area contributed by atoms with Crippen LogP contribution in [0.1, 0.15) is 43.9 Å². The third kappa shape index (κ3) is 4.15. The first-order valence-electron chi connectivity index (χ1n) is 6.63. The van der Waals surface area contributed by atoms with Gasteiger partial charge in [0.25, 0.3) is 0 Å². The van der Waals surface area contributed by atoms with E-state index >= 15 is 0 Å². The second kappa shape index (κ2) is 7.17. The molecule has 3 heteroatoms. The van der Waals surface area contributed by atoms with E-state index in [1.807, 2.05) is 19.1 Å². The molecule has 0 aliphatic rings. The van der Waals surface area contributed by atoms with Gasteiger partial charge < -0.3 is 11.1 Å². The summed E-state index contributed by atoms with van der Waals surface area (Å²) in [6.07, 6.45) is 1.46. The summed E-state index contributed by atoms with van der Waals surface area (Å²) in [5.74, 6) is 0.372. The molecule has 100 valence electrons. The Labute approximate surface area is 110 Å². The van der Waals surface area contributed by atoms with Crippen LogP contribution in [-0.2, 0) is 4.79 Å². The number of nitrogens with one attached hydrogen (secondary N) is 1. The third-order valence-corrected chi connectivity index (χ3v) is 3.42. The molecule has 1 amide bonds. The van der Waals surface area contributed by atoms with E-state index in [4.69, 9.17) is 5.73 Å². The van der Waals surface area contributed by atoms with Gasteiger partial charge in [-0.2, -0.15) is 0 Å². The fraction of sp³-hybridized carbons (Fsp3) is 0.533. The first kappa shape index (κ1) is 14.7. The molecule has 0 aliphatic heterocycles. The molecule has 0 fully saturated rings. The second-order valence-electron chi connectivity index (χ2n) is 4.86. The molecule has 3 N–H and O–H groups in total. The zero-order valence-corrected chi connectivity index (χ0v) is 11.6. The molecule has 0 heterocycles. The van der Waals surface area contributed by atoms with Crippen LogP contribution in [-0.4, -0.2) is 12.5 Å². The molecule has 0 spiro atoms. The first-order valence-corrected chi connectivity index (χ1v) is 6.63. The van der Waals surface area contributed by atoms with Crippen LogP contribution in [0.2, 0.25) is 0 Å². The van der Waals surface area contributed by atoms with E-state index in [-0.39, 0.29) is 17.9 Å². The smallest absolute Gasteiger partial charge is 0.220 e. The Morgan fingerprint density at radius 2 is 2.06 bits per heavy atom. The fourth-order valence-corrected chi connectivity index (χ4v) is 2.11. The zero-order valence-electron chi connectivity index (χ0n) is 11.6. The number of nitrogens with two attached hydrogens (primary N) is 1. The van der Waals surface area contributed by atoms with Gasteiger partial charge in [-0.15, -0.1) is 0 Å². The molecule has 0 aromatic heterocycles. The quantitative estimate of drug-likeness (QED) is 0.813. The Morgan fingerprint density at radius 3 is 2.61 bits per heavy atom. The molecule has 1 rings (SSSR count). The zero-order chi connectivity index (χ0) is 13.5. The fourth-order valence-electron chi connectivity index (χ4n) is 2.11. The summed E-state index contributed by atoms with van der Waals surface area (Å²) in [5, 5.41) is 3.04. The number of carbonyl (C=O) groups excluding carboxylic acids is 1. The Bertz CT molecular complexity index is 386. The summed E-state index contributed by atoms with van der Waals surface area (Å²) in [6, 6.07) is 8.18. The van der Waals surface area contributed by atoms with E-state index in [9.17, 15) is 4.79 Å². The van der Waals surface area contributed by atoms with Gasteiger partial charge in [-0.3, -0.25) is 4.79 Å². The van der Waals surface area contributed by atoms with Crippen molar-refractivity contribution in [3.05, 3.63) is 35.4 Å². The van der Waals surface area contributed by atoms with Crippen LogP contribution in [0.4, 0.5) is 0 Å². The SMILES string of the molecule is CCC(CN)CC(=O)N[C@H](C)c1ccccc1C.